The molecule has 1 atom stereocenters. The molecule has 1 aliphatic rings. The van der Waals surface area contributed by atoms with Gasteiger partial charge in [0.05, 0.1) is 10.8 Å². The van der Waals surface area contributed by atoms with E-state index in [-0.39, 0.29) is 28.9 Å². The third-order valence-corrected chi connectivity index (χ3v) is 4.44. The summed E-state index contributed by atoms with van der Waals surface area (Å²) in [5.41, 5.74) is 0.357. The van der Waals surface area contributed by atoms with Gasteiger partial charge in [0.2, 0.25) is 5.91 Å². The summed E-state index contributed by atoms with van der Waals surface area (Å²) in [4.78, 5) is 12.2. The Kier molecular flexibility index (Phi) is 4.22. The molecule has 2 rings (SSSR count). The van der Waals surface area contributed by atoms with Crippen LogP contribution in [0, 0.1) is 5.92 Å². The molecule has 0 fully saturated rings. The van der Waals surface area contributed by atoms with Crippen LogP contribution in [-0.4, -0.2) is 26.5 Å². The number of amides is 1. The van der Waals surface area contributed by atoms with Crippen LogP contribution < -0.4 is 10.1 Å². The van der Waals surface area contributed by atoms with Crippen LogP contribution in [-0.2, 0) is 20.3 Å². The molecule has 0 aliphatic carbocycles. The number of hydrogen-bond donors (Lipinski definition) is 1. The number of hydrogen-bond acceptors (Lipinski definition) is 4. The van der Waals surface area contributed by atoms with Gasteiger partial charge in [-0.25, -0.2) is 8.42 Å². The van der Waals surface area contributed by atoms with E-state index in [9.17, 15) is 13.2 Å². The summed E-state index contributed by atoms with van der Waals surface area (Å²) in [6.07, 6.45) is 0.428. The lowest BCUT2D eigenvalue weighted by molar-refractivity contribution is -0.127. The van der Waals surface area contributed by atoms with Gasteiger partial charge in [-0.1, -0.05) is 0 Å². The highest BCUT2D eigenvalue weighted by atomic mass is 35.7. The van der Waals surface area contributed by atoms with Crippen LogP contribution in [0.5, 0.6) is 5.75 Å². The molecular formula is C14H18ClNO4S. The smallest absolute Gasteiger partial charge is 0.261 e. The molecule has 1 aromatic carbocycles. The summed E-state index contributed by atoms with van der Waals surface area (Å²) in [5.74, 6) is 0.149. The van der Waals surface area contributed by atoms with Gasteiger partial charge in [0.1, 0.15) is 12.4 Å². The number of nitrogens with one attached hydrogen (secondary N) is 1. The fourth-order valence-corrected chi connectivity index (χ4v) is 2.96. The SMILES string of the molecule is CC(C)(C)NC(=O)C1COc2ccc(S(=O)(=O)Cl)cc2C1. The first-order chi connectivity index (χ1) is 9.56. The van der Waals surface area contributed by atoms with E-state index in [1.54, 1.807) is 6.07 Å². The molecule has 1 amide bonds. The lowest BCUT2D eigenvalue weighted by Crippen LogP contribution is -2.46. The fraction of sp³-hybridized carbons (Fsp3) is 0.500. The van der Waals surface area contributed by atoms with E-state index < -0.39 is 9.05 Å². The molecule has 1 heterocycles. The Balaban J connectivity index is 2.21. The van der Waals surface area contributed by atoms with E-state index in [4.69, 9.17) is 15.4 Å². The molecule has 1 aromatic rings. The number of ether oxygens (including phenoxy) is 1. The Morgan fingerprint density at radius 3 is 2.62 bits per heavy atom. The van der Waals surface area contributed by atoms with Crippen LogP contribution in [0.25, 0.3) is 0 Å². The van der Waals surface area contributed by atoms with Gasteiger partial charge >= 0.3 is 0 Å². The quantitative estimate of drug-likeness (QED) is 0.842. The van der Waals surface area contributed by atoms with Gasteiger partial charge in [0.25, 0.3) is 9.05 Å². The van der Waals surface area contributed by atoms with Crippen molar-refractivity contribution in [2.75, 3.05) is 6.61 Å². The van der Waals surface area contributed by atoms with Crippen LogP contribution in [0.1, 0.15) is 26.3 Å². The van der Waals surface area contributed by atoms with Gasteiger partial charge in [-0.3, -0.25) is 4.79 Å². The fourth-order valence-electron chi connectivity index (χ4n) is 2.16. The van der Waals surface area contributed by atoms with E-state index in [1.807, 2.05) is 20.8 Å². The molecule has 0 saturated carbocycles. The van der Waals surface area contributed by atoms with Crippen molar-refractivity contribution in [1.29, 1.82) is 0 Å². The number of carbonyl (C=O) groups is 1. The van der Waals surface area contributed by atoms with Crippen molar-refractivity contribution in [1.82, 2.24) is 5.32 Å². The maximum absolute atomic E-state index is 12.2. The van der Waals surface area contributed by atoms with Crippen LogP contribution in [0.2, 0.25) is 0 Å². The van der Waals surface area contributed by atoms with E-state index in [2.05, 4.69) is 5.32 Å². The lowest BCUT2D eigenvalue weighted by Gasteiger charge is -2.28. The van der Waals surface area contributed by atoms with E-state index in [0.29, 0.717) is 17.7 Å². The van der Waals surface area contributed by atoms with Crippen molar-refractivity contribution in [3.63, 3.8) is 0 Å². The Morgan fingerprint density at radius 2 is 2.05 bits per heavy atom. The first kappa shape index (κ1) is 16.1. The Bertz CT molecular complexity index is 664. The molecule has 1 N–H and O–H groups in total. The number of carbonyl (C=O) groups excluding carboxylic acids is 1. The summed E-state index contributed by atoms with van der Waals surface area (Å²) >= 11 is 0. The van der Waals surface area contributed by atoms with Gasteiger partial charge in [-0.2, -0.15) is 0 Å². The maximum Gasteiger partial charge on any atom is 0.261 e. The summed E-state index contributed by atoms with van der Waals surface area (Å²) in [5, 5.41) is 2.90. The first-order valence-electron chi connectivity index (χ1n) is 6.59. The minimum Gasteiger partial charge on any atom is -0.492 e. The summed E-state index contributed by atoms with van der Waals surface area (Å²) < 4.78 is 28.3. The highest BCUT2D eigenvalue weighted by Gasteiger charge is 2.29. The summed E-state index contributed by atoms with van der Waals surface area (Å²) in [6.45, 7) is 5.99. The molecule has 5 nitrogen and oxygen atoms in total. The van der Waals surface area contributed by atoms with E-state index in [1.165, 1.54) is 12.1 Å². The number of halogens is 1. The number of fused-ring (bicyclic) bond motifs is 1. The van der Waals surface area contributed by atoms with Gasteiger partial charge in [-0.05, 0) is 51.0 Å². The average molecular weight is 332 g/mol. The minimum atomic E-state index is -3.79. The molecule has 0 saturated heterocycles. The second-order valence-corrected chi connectivity index (χ2v) is 8.72. The molecule has 1 unspecified atom stereocenters. The van der Waals surface area contributed by atoms with Crippen molar-refractivity contribution >= 4 is 25.6 Å². The summed E-state index contributed by atoms with van der Waals surface area (Å²) in [7, 11) is 1.55. The van der Waals surface area contributed by atoms with Crippen molar-refractivity contribution in [2.24, 2.45) is 5.92 Å². The van der Waals surface area contributed by atoms with Gasteiger partial charge in [0.15, 0.2) is 0 Å². The van der Waals surface area contributed by atoms with Crippen molar-refractivity contribution in [3.8, 4) is 5.75 Å². The van der Waals surface area contributed by atoms with Crippen LogP contribution >= 0.6 is 10.7 Å². The van der Waals surface area contributed by atoms with E-state index in [0.717, 1.165) is 0 Å². The molecule has 1 aliphatic heterocycles. The first-order valence-corrected chi connectivity index (χ1v) is 8.89. The Morgan fingerprint density at radius 1 is 1.38 bits per heavy atom. The molecule has 0 bridgehead atoms. The second kappa shape index (κ2) is 5.50. The Labute approximate surface area is 129 Å². The number of rotatable bonds is 2. The normalized spacial score (nSPS) is 18.6. The average Bonchev–Trinajstić information content (AvgIpc) is 2.34. The lowest BCUT2D eigenvalue weighted by atomic mass is 9.95. The van der Waals surface area contributed by atoms with Gasteiger partial charge < -0.3 is 10.1 Å². The van der Waals surface area contributed by atoms with Gasteiger partial charge in [-0.15, -0.1) is 0 Å². The molecule has 21 heavy (non-hydrogen) atoms. The van der Waals surface area contributed by atoms with Crippen molar-refractivity contribution in [2.45, 2.75) is 37.6 Å². The molecule has 0 aromatic heterocycles. The van der Waals surface area contributed by atoms with Gasteiger partial charge in [0, 0.05) is 16.2 Å². The van der Waals surface area contributed by atoms with Crippen LogP contribution in [0.4, 0.5) is 0 Å². The van der Waals surface area contributed by atoms with Crippen LogP contribution in [0.3, 0.4) is 0 Å². The standard InChI is InChI=1S/C14H18ClNO4S/c1-14(2,3)16-13(17)10-6-9-7-11(21(15,18)19)4-5-12(9)20-8-10/h4-5,7,10H,6,8H2,1-3H3,(H,16,17). The van der Waals surface area contributed by atoms with Crippen LogP contribution in [0.15, 0.2) is 23.1 Å². The Hall–Kier alpha value is -1.27. The zero-order valence-corrected chi connectivity index (χ0v) is 13.7. The predicted molar refractivity (Wildman–Crippen MR) is 80.1 cm³/mol. The molecule has 7 heteroatoms. The second-order valence-electron chi connectivity index (χ2n) is 6.16. The number of benzene rings is 1. The molecule has 0 spiro atoms. The highest BCUT2D eigenvalue weighted by molar-refractivity contribution is 8.13. The van der Waals surface area contributed by atoms with Crippen molar-refractivity contribution < 1.29 is 17.9 Å². The topological polar surface area (TPSA) is 72.5 Å². The zero-order valence-electron chi connectivity index (χ0n) is 12.1. The molecule has 0 radical (unpaired) electrons. The maximum atomic E-state index is 12.2. The minimum absolute atomic E-state index is 0.0170. The largest absolute Gasteiger partial charge is 0.492 e. The molecular weight excluding hydrogens is 314 g/mol. The zero-order chi connectivity index (χ0) is 15.8. The monoisotopic (exact) mass is 331 g/mol. The molecule has 116 valence electrons. The highest BCUT2D eigenvalue weighted by Crippen LogP contribution is 2.30. The third kappa shape index (κ3) is 4.11. The third-order valence-electron chi connectivity index (χ3n) is 3.09. The van der Waals surface area contributed by atoms with E-state index >= 15 is 0 Å². The summed E-state index contributed by atoms with van der Waals surface area (Å²) in [6, 6.07) is 4.44. The predicted octanol–water partition coefficient (Wildman–Crippen LogP) is 2.08. The van der Waals surface area contributed by atoms with Crippen molar-refractivity contribution in [3.05, 3.63) is 23.8 Å².